The van der Waals surface area contributed by atoms with Crippen LogP contribution in [0, 0.1) is 0 Å². The summed E-state index contributed by atoms with van der Waals surface area (Å²) in [6.45, 7) is 5.50. The quantitative estimate of drug-likeness (QED) is 0.601. The van der Waals surface area contributed by atoms with Crippen LogP contribution >= 0.6 is 0 Å². The standard InChI is InChI=1S/C8H15NO/c1-6(2)4-5-8(9)7(3)10/h4,8H,5,9H2,1-3H3/t8-/m0/s1. The lowest BCUT2D eigenvalue weighted by Gasteiger charge is -2.02. The predicted octanol–water partition coefficient (Wildman–Crippen LogP) is 1.26. The first-order chi connectivity index (χ1) is 4.54. The van der Waals surface area contributed by atoms with Crippen molar-refractivity contribution in [2.75, 3.05) is 0 Å². The second-order valence-electron chi connectivity index (χ2n) is 2.73. The molecule has 2 nitrogen and oxygen atoms in total. The van der Waals surface area contributed by atoms with E-state index in [4.69, 9.17) is 5.73 Å². The van der Waals surface area contributed by atoms with Crippen molar-refractivity contribution >= 4 is 5.78 Å². The van der Waals surface area contributed by atoms with Crippen LogP contribution in [0.3, 0.4) is 0 Å². The first kappa shape index (κ1) is 9.37. The minimum absolute atomic E-state index is 0.0532. The van der Waals surface area contributed by atoms with Crippen LogP contribution in [0.1, 0.15) is 27.2 Å². The molecular formula is C8H15NO. The molecule has 0 aromatic carbocycles. The minimum atomic E-state index is -0.310. The molecule has 58 valence electrons. The van der Waals surface area contributed by atoms with E-state index in [9.17, 15) is 4.79 Å². The van der Waals surface area contributed by atoms with Crippen LogP contribution in [0.25, 0.3) is 0 Å². The van der Waals surface area contributed by atoms with Crippen molar-refractivity contribution in [1.29, 1.82) is 0 Å². The third-order valence-electron chi connectivity index (χ3n) is 1.30. The van der Waals surface area contributed by atoms with Crippen molar-refractivity contribution in [2.45, 2.75) is 33.2 Å². The Morgan fingerprint density at radius 3 is 2.30 bits per heavy atom. The van der Waals surface area contributed by atoms with Crippen LogP contribution in [-0.2, 0) is 4.79 Å². The maximum absolute atomic E-state index is 10.6. The van der Waals surface area contributed by atoms with Gasteiger partial charge in [-0.25, -0.2) is 0 Å². The molecule has 0 fully saturated rings. The van der Waals surface area contributed by atoms with Crippen molar-refractivity contribution in [3.8, 4) is 0 Å². The third-order valence-corrected chi connectivity index (χ3v) is 1.30. The van der Waals surface area contributed by atoms with Crippen LogP contribution in [0.4, 0.5) is 0 Å². The third kappa shape index (κ3) is 4.27. The van der Waals surface area contributed by atoms with Gasteiger partial charge < -0.3 is 5.73 Å². The van der Waals surface area contributed by atoms with E-state index in [1.807, 2.05) is 19.9 Å². The van der Waals surface area contributed by atoms with Crippen molar-refractivity contribution in [3.63, 3.8) is 0 Å². The molecule has 0 unspecified atom stereocenters. The average Bonchev–Trinajstić information content (AvgIpc) is 1.82. The van der Waals surface area contributed by atoms with Gasteiger partial charge in [-0.3, -0.25) is 4.79 Å². The molecule has 0 aromatic rings. The van der Waals surface area contributed by atoms with E-state index in [2.05, 4.69) is 0 Å². The van der Waals surface area contributed by atoms with E-state index in [0.29, 0.717) is 6.42 Å². The molecule has 1 atom stereocenters. The topological polar surface area (TPSA) is 43.1 Å². The maximum atomic E-state index is 10.6. The molecule has 0 aliphatic rings. The van der Waals surface area contributed by atoms with Crippen LogP contribution in [-0.4, -0.2) is 11.8 Å². The molecule has 0 rings (SSSR count). The van der Waals surface area contributed by atoms with Crippen LogP contribution in [0.15, 0.2) is 11.6 Å². The molecule has 0 aliphatic carbocycles. The smallest absolute Gasteiger partial charge is 0.146 e. The fourth-order valence-corrected chi connectivity index (χ4v) is 0.529. The van der Waals surface area contributed by atoms with E-state index < -0.39 is 0 Å². The first-order valence-electron chi connectivity index (χ1n) is 3.43. The van der Waals surface area contributed by atoms with Crippen LogP contribution < -0.4 is 5.73 Å². The van der Waals surface area contributed by atoms with Gasteiger partial charge in [0.1, 0.15) is 5.78 Å². The SMILES string of the molecule is CC(=O)[C@@H](N)CC=C(C)C. The number of rotatable bonds is 3. The molecular weight excluding hydrogens is 126 g/mol. The second-order valence-corrected chi connectivity index (χ2v) is 2.73. The fraction of sp³-hybridized carbons (Fsp3) is 0.625. The highest BCUT2D eigenvalue weighted by Crippen LogP contribution is 1.96. The number of allylic oxidation sites excluding steroid dienone is 1. The summed E-state index contributed by atoms with van der Waals surface area (Å²) in [6, 6.07) is -0.310. The first-order valence-corrected chi connectivity index (χ1v) is 3.43. The maximum Gasteiger partial charge on any atom is 0.146 e. The van der Waals surface area contributed by atoms with E-state index in [1.54, 1.807) is 0 Å². The summed E-state index contributed by atoms with van der Waals surface area (Å²) in [7, 11) is 0. The van der Waals surface area contributed by atoms with Crippen LogP contribution in [0.5, 0.6) is 0 Å². The highest BCUT2D eigenvalue weighted by atomic mass is 16.1. The molecule has 0 saturated carbocycles. The van der Waals surface area contributed by atoms with Gasteiger partial charge >= 0.3 is 0 Å². The zero-order valence-corrected chi connectivity index (χ0v) is 6.85. The molecule has 10 heavy (non-hydrogen) atoms. The van der Waals surface area contributed by atoms with E-state index in [0.717, 1.165) is 0 Å². The van der Waals surface area contributed by atoms with Gasteiger partial charge in [0.25, 0.3) is 0 Å². The summed E-state index contributed by atoms with van der Waals surface area (Å²) in [5.74, 6) is 0.0532. The van der Waals surface area contributed by atoms with Gasteiger partial charge in [0.2, 0.25) is 0 Å². The van der Waals surface area contributed by atoms with Gasteiger partial charge in [-0.15, -0.1) is 0 Å². The van der Waals surface area contributed by atoms with Crippen molar-refractivity contribution in [1.82, 2.24) is 0 Å². The van der Waals surface area contributed by atoms with Gasteiger partial charge in [0.05, 0.1) is 6.04 Å². The highest BCUT2D eigenvalue weighted by Gasteiger charge is 2.04. The summed E-state index contributed by atoms with van der Waals surface area (Å²) in [6.07, 6.45) is 2.64. The lowest BCUT2D eigenvalue weighted by atomic mass is 10.1. The predicted molar refractivity (Wildman–Crippen MR) is 42.7 cm³/mol. The second kappa shape index (κ2) is 4.23. The summed E-state index contributed by atoms with van der Waals surface area (Å²) in [4.78, 5) is 10.6. The number of hydrogen-bond donors (Lipinski definition) is 1. The van der Waals surface area contributed by atoms with E-state index >= 15 is 0 Å². The average molecular weight is 141 g/mol. The zero-order valence-electron chi connectivity index (χ0n) is 6.85. The number of ketones is 1. The number of nitrogens with two attached hydrogens (primary N) is 1. The van der Waals surface area contributed by atoms with Gasteiger partial charge in [-0.1, -0.05) is 11.6 Å². The summed E-state index contributed by atoms with van der Waals surface area (Å²) < 4.78 is 0. The highest BCUT2D eigenvalue weighted by molar-refractivity contribution is 5.81. The molecule has 0 radical (unpaired) electrons. The molecule has 2 heteroatoms. The largest absolute Gasteiger partial charge is 0.321 e. The molecule has 0 bridgehead atoms. The Kier molecular flexibility index (Phi) is 3.96. The minimum Gasteiger partial charge on any atom is -0.321 e. The molecule has 0 spiro atoms. The number of carbonyl (C=O) groups is 1. The lowest BCUT2D eigenvalue weighted by molar-refractivity contribution is -0.118. The van der Waals surface area contributed by atoms with E-state index in [1.165, 1.54) is 12.5 Å². The Balaban J connectivity index is 3.70. The normalized spacial score (nSPS) is 12.4. The fourth-order valence-electron chi connectivity index (χ4n) is 0.529. The Hall–Kier alpha value is -0.630. The molecule has 0 aromatic heterocycles. The van der Waals surface area contributed by atoms with Crippen LogP contribution in [0.2, 0.25) is 0 Å². The summed E-state index contributed by atoms with van der Waals surface area (Å²) in [5.41, 5.74) is 6.68. The summed E-state index contributed by atoms with van der Waals surface area (Å²) >= 11 is 0. The Bertz CT molecular complexity index is 145. The number of Topliss-reactive ketones (excluding diaryl/α,β-unsaturated/α-hetero) is 1. The number of hydrogen-bond acceptors (Lipinski definition) is 2. The Labute approximate surface area is 62.1 Å². The monoisotopic (exact) mass is 141 g/mol. The zero-order chi connectivity index (χ0) is 8.15. The molecule has 0 amide bonds. The molecule has 0 heterocycles. The number of carbonyl (C=O) groups excluding carboxylic acids is 1. The van der Waals surface area contributed by atoms with Gasteiger partial charge in [0, 0.05) is 0 Å². The molecule has 2 N–H and O–H groups in total. The van der Waals surface area contributed by atoms with Gasteiger partial charge in [-0.2, -0.15) is 0 Å². The van der Waals surface area contributed by atoms with Crippen molar-refractivity contribution in [3.05, 3.63) is 11.6 Å². The lowest BCUT2D eigenvalue weighted by Crippen LogP contribution is -2.27. The van der Waals surface area contributed by atoms with Crippen molar-refractivity contribution in [2.24, 2.45) is 5.73 Å². The molecule has 0 saturated heterocycles. The van der Waals surface area contributed by atoms with E-state index in [-0.39, 0.29) is 11.8 Å². The van der Waals surface area contributed by atoms with Crippen molar-refractivity contribution < 1.29 is 4.79 Å². The molecule has 0 aliphatic heterocycles. The Morgan fingerprint density at radius 1 is 1.50 bits per heavy atom. The van der Waals surface area contributed by atoms with Gasteiger partial charge in [-0.05, 0) is 27.2 Å². The summed E-state index contributed by atoms with van der Waals surface area (Å²) in [5, 5.41) is 0. The Morgan fingerprint density at radius 2 is 2.00 bits per heavy atom. The van der Waals surface area contributed by atoms with Gasteiger partial charge in [0.15, 0.2) is 0 Å².